The number of allylic oxidation sites excluding steroid dienone is 1. The maximum atomic E-state index is 9.90. The van der Waals surface area contributed by atoms with Gasteiger partial charge in [-0.15, -0.1) is 6.58 Å². The molecule has 1 aromatic rings. The minimum Gasteiger partial charge on any atom is -0.392 e. The Hall–Kier alpha value is -1.65. The summed E-state index contributed by atoms with van der Waals surface area (Å²) >= 11 is 0. The summed E-state index contributed by atoms with van der Waals surface area (Å²) in [7, 11) is 2.00. The lowest BCUT2D eigenvalue weighted by Gasteiger charge is -2.22. The highest BCUT2D eigenvalue weighted by Crippen LogP contribution is 2.17. The van der Waals surface area contributed by atoms with Gasteiger partial charge in [0.2, 0.25) is 0 Å². The Morgan fingerprint density at radius 1 is 1.48 bits per heavy atom. The molecule has 21 heavy (non-hydrogen) atoms. The topological polar surface area (TPSA) is 45.1 Å². The summed E-state index contributed by atoms with van der Waals surface area (Å²) < 4.78 is 0. The minimum atomic E-state index is -0.316. The van der Waals surface area contributed by atoms with Crippen molar-refractivity contribution in [1.29, 1.82) is 0 Å². The molecule has 0 fully saturated rings. The molecule has 0 radical (unpaired) electrons. The number of rotatable bonds is 8. The number of benzene rings is 1. The molecule has 1 N–H and O–H groups in total. The fourth-order valence-electron chi connectivity index (χ4n) is 2.51. The van der Waals surface area contributed by atoms with Gasteiger partial charge < -0.3 is 14.8 Å². The minimum absolute atomic E-state index is 0.0665. The molecule has 1 aromatic carbocycles. The molecular formula is C17H24N2O2. The van der Waals surface area contributed by atoms with Crippen LogP contribution in [0.1, 0.15) is 24.8 Å². The quantitative estimate of drug-likeness (QED) is 0.747. The van der Waals surface area contributed by atoms with Gasteiger partial charge in [0.05, 0.1) is 11.8 Å². The van der Waals surface area contributed by atoms with Crippen LogP contribution >= 0.6 is 0 Å². The summed E-state index contributed by atoms with van der Waals surface area (Å²) in [6, 6.07) is 10.1. The summed E-state index contributed by atoms with van der Waals surface area (Å²) in [4.78, 5) is 7.60. The van der Waals surface area contributed by atoms with Crippen LogP contribution in [0, 0.1) is 0 Å². The predicted octanol–water partition coefficient (Wildman–Crippen LogP) is 2.44. The van der Waals surface area contributed by atoms with E-state index in [0.717, 1.165) is 37.1 Å². The van der Waals surface area contributed by atoms with Gasteiger partial charge in [-0.25, -0.2) is 0 Å². The van der Waals surface area contributed by atoms with Crippen molar-refractivity contribution in [2.24, 2.45) is 5.16 Å². The lowest BCUT2D eigenvalue weighted by Crippen LogP contribution is -2.35. The maximum absolute atomic E-state index is 9.90. The molecule has 2 atom stereocenters. The number of oxime groups is 1. The maximum Gasteiger partial charge on any atom is 0.145 e. The van der Waals surface area contributed by atoms with Gasteiger partial charge in [0.15, 0.2) is 0 Å². The smallest absolute Gasteiger partial charge is 0.145 e. The molecule has 1 aliphatic rings. The molecular weight excluding hydrogens is 264 g/mol. The van der Waals surface area contributed by atoms with E-state index in [0.29, 0.717) is 6.54 Å². The zero-order valence-electron chi connectivity index (χ0n) is 12.6. The van der Waals surface area contributed by atoms with E-state index in [2.05, 4.69) is 16.6 Å². The number of nitrogens with zero attached hydrogens (tertiary/aromatic N) is 2. The average molecular weight is 288 g/mol. The Morgan fingerprint density at radius 3 is 2.95 bits per heavy atom. The van der Waals surface area contributed by atoms with Gasteiger partial charge in [-0.3, -0.25) is 0 Å². The van der Waals surface area contributed by atoms with E-state index in [1.54, 1.807) is 0 Å². The third-order valence-electron chi connectivity index (χ3n) is 3.58. The Bertz CT molecular complexity index is 473. The fraction of sp³-hybridized carbons (Fsp3) is 0.471. The van der Waals surface area contributed by atoms with Crippen LogP contribution in [-0.2, 0) is 4.84 Å². The highest BCUT2D eigenvalue weighted by molar-refractivity contribution is 6.01. The highest BCUT2D eigenvalue weighted by atomic mass is 16.6. The Balaban J connectivity index is 1.75. The molecule has 0 aliphatic carbocycles. The first-order valence-corrected chi connectivity index (χ1v) is 7.44. The van der Waals surface area contributed by atoms with Gasteiger partial charge in [0.1, 0.15) is 6.10 Å². The van der Waals surface area contributed by atoms with Gasteiger partial charge in [0, 0.05) is 19.5 Å². The van der Waals surface area contributed by atoms with Crippen LogP contribution in [0.3, 0.4) is 0 Å². The SMILES string of the molecule is C=CCC[C@H](O)CN(C)C[C@H]1CC(c2ccccc2)=NO1. The van der Waals surface area contributed by atoms with Crippen molar-refractivity contribution in [2.75, 3.05) is 20.1 Å². The lowest BCUT2D eigenvalue weighted by atomic mass is 10.0. The molecule has 0 spiro atoms. The molecule has 0 bridgehead atoms. The normalized spacial score (nSPS) is 19.2. The molecule has 0 unspecified atom stereocenters. The van der Waals surface area contributed by atoms with E-state index in [1.165, 1.54) is 0 Å². The molecule has 1 heterocycles. The summed E-state index contributed by atoms with van der Waals surface area (Å²) in [6.45, 7) is 5.09. The summed E-state index contributed by atoms with van der Waals surface area (Å²) in [5.74, 6) is 0. The van der Waals surface area contributed by atoms with E-state index < -0.39 is 0 Å². The van der Waals surface area contributed by atoms with Crippen molar-refractivity contribution < 1.29 is 9.94 Å². The van der Waals surface area contributed by atoms with Crippen LogP contribution in [0.4, 0.5) is 0 Å². The van der Waals surface area contributed by atoms with Crippen molar-refractivity contribution in [1.82, 2.24) is 4.90 Å². The standard InChI is InChI=1S/C17H24N2O2/c1-3-4-10-15(20)12-19(2)13-16-11-17(18-21-16)14-8-6-5-7-9-14/h3,5-9,15-16,20H,1,4,10-13H2,2H3/t15-,16+/m0/s1. The van der Waals surface area contributed by atoms with Crippen molar-refractivity contribution in [3.05, 3.63) is 48.6 Å². The van der Waals surface area contributed by atoms with Gasteiger partial charge in [-0.1, -0.05) is 41.6 Å². The monoisotopic (exact) mass is 288 g/mol. The van der Waals surface area contributed by atoms with E-state index in [1.807, 2.05) is 43.5 Å². The van der Waals surface area contributed by atoms with Crippen LogP contribution in [0.15, 0.2) is 48.1 Å². The van der Waals surface area contributed by atoms with Crippen molar-refractivity contribution in [2.45, 2.75) is 31.5 Å². The van der Waals surface area contributed by atoms with E-state index in [4.69, 9.17) is 4.84 Å². The lowest BCUT2D eigenvalue weighted by molar-refractivity contribution is 0.0430. The highest BCUT2D eigenvalue weighted by Gasteiger charge is 2.23. The van der Waals surface area contributed by atoms with Gasteiger partial charge >= 0.3 is 0 Å². The van der Waals surface area contributed by atoms with Crippen LogP contribution in [0.25, 0.3) is 0 Å². The largest absolute Gasteiger partial charge is 0.392 e. The second kappa shape index (κ2) is 7.96. The van der Waals surface area contributed by atoms with Crippen LogP contribution < -0.4 is 0 Å². The molecule has 1 aliphatic heterocycles. The first kappa shape index (κ1) is 15.7. The second-order valence-corrected chi connectivity index (χ2v) is 5.58. The molecule has 4 nitrogen and oxygen atoms in total. The zero-order chi connectivity index (χ0) is 15.1. The van der Waals surface area contributed by atoms with Gasteiger partial charge in [0.25, 0.3) is 0 Å². The predicted molar refractivity (Wildman–Crippen MR) is 85.4 cm³/mol. The second-order valence-electron chi connectivity index (χ2n) is 5.58. The Labute approximate surface area is 126 Å². The third kappa shape index (κ3) is 4.99. The zero-order valence-corrected chi connectivity index (χ0v) is 12.6. The summed E-state index contributed by atoms with van der Waals surface area (Å²) in [6.07, 6.45) is 4.00. The number of likely N-dealkylation sites (N-methyl/N-ethyl adjacent to an activating group) is 1. The van der Waals surface area contributed by atoms with E-state index >= 15 is 0 Å². The van der Waals surface area contributed by atoms with Crippen LogP contribution in [0.5, 0.6) is 0 Å². The molecule has 4 heteroatoms. The number of aliphatic hydroxyl groups excluding tert-OH is 1. The molecule has 2 rings (SSSR count). The summed E-state index contributed by atoms with van der Waals surface area (Å²) in [5.41, 5.74) is 2.12. The van der Waals surface area contributed by atoms with Crippen molar-refractivity contribution in [3.63, 3.8) is 0 Å². The Morgan fingerprint density at radius 2 is 2.24 bits per heavy atom. The number of hydrogen-bond donors (Lipinski definition) is 1. The molecule has 0 amide bonds. The van der Waals surface area contributed by atoms with Gasteiger partial charge in [-0.05, 0) is 25.5 Å². The first-order chi connectivity index (χ1) is 10.2. The molecule has 0 saturated heterocycles. The van der Waals surface area contributed by atoms with Crippen LogP contribution in [0.2, 0.25) is 0 Å². The first-order valence-electron chi connectivity index (χ1n) is 7.44. The van der Waals surface area contributed by atoms with E-state index in [9.17, 15) is 5.11 Å². The third-order valence-corrected chi connectivity index (χ3v) is 3.58. The number of hydrogen-bond acceptors (Lipinski definition) is 4. The van der Waals surface area contributed by atoms with Crippen molar-refractivity contribution >= 4 is 5.71 Å². The molecule has 114 valence electrons. The fourth-order valence-corrected chi connectivity index (χ4v) is 2.51. The number of aliphatic hydroxyl groups is 1. The average Bonchev–Trinajstić information content (AvgIpc) is 2.94. The van der Waals surface area contributed by atoms with Crippen molar-refractivity contribution in [3.8, 4) is 0 Å². The molecule has 0 saturated carbocycles. The Kier molecular flexibility index (Phi) is 5.96. The van der Waals surface area contributed by atoms with E-state index in [-0.39, 0.29) is 12.2 Å². The molecule has 0 aromatic heterocycles. The van der Waals surface area contributed by atoms with Gasteiger partial charge in [-0.2, -0.15) is 0 Å². The van der Waals surface area contributed by atoms with Crippen LogP contribution in [-0.4, -0.2) is 48.1 Å². The summed E-state index contributed by atoms with van der Waals surface area (Å²) in [5, 5.41) is 14.1.